The van der Waals surface area contributed by atoms with Crippen LogP contribution in [0.4, 0.5) is 0 Å². The Morgan fingerprint density at radius 2 is 1.93 bits per heavy atom. The second-order valence-corrected chi connectivity index (χ2v) is 3.54. The molecule has 1 amide bonds. The van der Waals surface area contributed by atoms with Gasteiger partial charge in [0.2, 0.25) is 5.91 Å². The molecule has 15 heavy (non-hydrogen) atoms. The van der Waals surface area contributed by atoms with Crippen molar-refractivity contribution >= 4 is 14.2 Å². The molecule has 1 aromatic rings. The van der Waals surface area contributed by atoms with E-state index in [1.165, 1.54) is 7.11 Å². The predicted molar refractivity (Wildman–Crippen MR) is 57.6 cm³/mol. The van der Waals surface area contributed by atoms with Crippen molar-refractivity contribution in [3.8, 4) is 0 Å². The highest BCUT2D eigenvalue weighted by atomic mass is 31.1. The average Bonchev–Trinajstić information content (AvgIpc) is 2.19. The third-order valence-electron chi connectivity index (χ3n) is 1.40. The standard InChI is InChI=1S/C8H9NO.CH5O3P/c9-8(10)6-7-4-2-1-3-5-7;1-4-5(2)3/h1-5H,6H2,(H2,9,10);5H,1H3,(H,2,3). The lowest BCUT2D eigenvalue weighted by Gasteiger charge is -1.93. The number of carbonyl (C=O) groups is 1. The molecule has 1 aromatic carbocycles. The van der Waals surface area contributed by atoms with Gasteiger partial charge in [-0.1, -0.05) is 30.3 Å². The Kier molecular flexibility index (Phi) is 7.54. The topological polar surface area (TPSA) is 89.6 Å². The van der Waals surface area contributed by atoms with Crippen LogP contribution in [-0.4, -0.2) is 17.9 Å². The number of hydrogen-bond acceptors (Lipinski definition) is 3. The molecule has 6 heteroatoms. The van der Waals surface area contributed by atoms with Crippen LogP contribution in [0.25, 0.3) is 0 Å². The first-order valence-electron chi connectivity index (χ1n) is 4.15. The molecule has 0 heterocycles. The summed E-state index contributed by atoms with van der Waals surface area (Å²) in [6.07, 6.45) is 0.334. The Labute approximate surface area is 88.8 Å². The van der Waals surface area contributed by atoms with Crippen LogP contribution >= 0.6 is 8.25 Å². The molecule has 0 fully saturated rings. The third-order valence-corrected chi connectivity index (χ3v) is 1.75. The van der Waals surface area contributed by atoms with Crippen LogP contribution < -0.4 is 5.73 Å². The Balaban J connectivity index is 0.000000336. The van der Waals surface area contributed by atoms with Gasteiger partial charge >= 0.3 is 8.25 Å². The van der Waals surface area contributed by atoms with Gasteiger partial charge in [-0.05, 0) is 5.56 Å². The van der Waals surface area contributed by atoms with Gasteiger partial charge in [0.15, 0.2) is 0 Å². The van der Waals surface area contributed by atoms with E-state index in [0.717, 1.165) is 5.56 Å². The van der Waals surface area contributed by atoms with Gasteiger partial charge in [-0.3, -0.25) is 9.36 Å². The highest BCUT2D eigenvalue weighted by molar-refractivity contribution is 7.32. The van der Waals surface area contributed by atoms with E-state index in [4.69, 9.17) is 10.6 Å². The Hall–Kier alpha value is -1.16. The van der Waals surface area contributed by atoms with Gasteiger partial charge in [0, 0.05) is 7.11 Å². The van der Waals surface area contributed by atoms with Gasteiger partial charge in [0.05, 0.1) is 6.42 Å². The molecule has 84 valence electrons. The van der Waals surface area contributed by atoms with Crippen LogP contribution in [0.1, 0.15) is 5.56 Å². The number of rotatable bonds is 3. The van der Waals surface area contributed by atoms with Crippen molar-refractivity contribution in [3.63, 3.8) is 0 Å². The second kappa shape index (κ2) is 8.17. The molecule has 3 N–H and O–H groups in total. The summed E-state index contributed by atoms with van der Waals surface area (Å²) < 4.78 is 13.2. The van der Waals surface area contributed by atoms with Crippen LogP contribution in [0.2, 0.25) is 0 Å². The van der Waals surface area contributed by atoms with E-state index in [9.17, 15) is 9.36 Å². The lowest BCUT2D eigenvalue weighted by Crippen LogP contribution is -2.13. The van der Waals surface area contributed by atoms with E-state index >= 15 is 0 Å². The maximum Gasteiger partial charge on any atom is 0.316 e. The summed E-state index contributed by atoms with van der Waals surface area (Å²) in [6.45, 7) is 0. The predicted octanol–water partition coefficient (Wildman–Crippen LogP) is 0.729. The summed E-state index contributed by atoms with van der Waals surface area (Å²) in [5.74, 6) is -0.286. The highest BCUT2D eigenvalue weighted by Crippen LogP contribution is 2.09. The number of hydrogen-bond donors (Lipinski definition) is 2. The van der Waals surface area contributed by atoms with Crippen LogP contribution in [0, 0.1) is 0 Å². The van der Waals surface area contributed by atoms with Crippen molar-refractivity contribution in [1.29, 1.82) is 0 Å². The van der Waals surface area contributed by atoms with Crippen molar-refractivity contribution in [2.24, 2.45) is 5.73 Å². The number of benzene rings is 1. The number of primary amides is 1. The number of carbonyl (C=O) groups excluding carboxylic acids is 1. The smallest absolute Gasteiger partial charge is 0.316 e. The molecule has 0 spiro atoms. The Bertz CT molecular complexity index is 315. The number of amides is 1. The molecule has 1 atom stereocenters. The highest BCUT2D eigenvalue weighted by Gasteiger charge is 1.94. The van der Waals surface area contributed by atoms with E-state index < -0.39 is 8.25 Å². The van der Waals surface area contributed by atoms with E-state index in [0.29, 0.717) is 6.42 Å². The molecule has 0 aliphatic rings. The SMILES string of the molecule is CO[PH](=O)O.NC(=O)Cc1ccccc1. The lowest BCUT2D eigenvalue weighted by atomic mass is 10.1. The van der Waals surface area contributed by atoms with E-state index in [2.05, 4.69) is 4.52 Å². The quantitative estimate of drug-likeness (QED) is 0.750. The summed E-state index contributed by atoms with van der Waals surface area (Å²) in [5.41, 5.74) is 5.95. The van der Waals surface area contributed by atoms with Gasteiger partial charge in [0.25, 0.3) is 0 Å². The van der Waals surface area contributed by atoms with E-state index in [1.807, 2.05) is 30.3 Å². The van der Waals surface area contributed by atoms with Crippen LogP contribution in [-0.2, 0) is 20.3 Å². The van der Waals surface area contributed by atoms with E-state index in [1.54, 1.807) is 0 Å². The fourth-order valence-electron chi connectivity index (χ4n) is 0.797. The Morgan fingerprint density at radius 3 is 2.27 bits per heavy atom. The van der Waals surface area contributed by atoms with Crippen molar-refractivity contribution in [3.05, 3.63) is 35.9 Å². The molecule has 0 saturated carbocycles. The summed E-state index contributed by atoms with van der Waals surface area (Å²) in [7, 11) is -1.44. The fraction of sp³-hybridized carbons (Fsp3) is 0.222. The van der Waals surface area contributed by atoms with Gasteiger partial charge in [-0.2, -0.15) is 0 Å². The summed E-state index contributed by atoms with van der Waals surface area (Å²) >= 11 is 0. The molecule has 0 bridgehead atoms. The molecule has 1 rings (SSSR count). The zero-order valence-electron chi connectivity index (χ0n) is 8.34. The van der Waals surface area contributed by atoms with Crippen molar-refractivity contribution < 1.29 is 18.8 Å². The number of nitrogens with two attached hydrogens (primary N) is 1. The van der Waals surface area contributed by atoms with Crippen molar-refractivity contribution in [2.75, 3.05) is 7.11 Å². The molecule has 0 aliphatic heterocycles. The summed E-state index contributed by atoms with van der Waals surface area (Å²) in [6, 6.07) is 9.44. The van der Waals surface area contributed by atoms with Crippen molar-refractivity contribution in [2.45, 2.75) is 6.42 Å². The summed E-state index contributed by atoms with van der Waals surface area (Å²) in [5, 5.41) is 0. The molecular weight excluding hydrogens is 217 g/mol. The maximum atomic E-state index is 10.4. The minimum Gasteiger partial charge on any atom is -0.369 e. The maximum absolute atomic E-state index is 10.4. The minimum absolute atomic E-state index is 0.286. The Morgan fingerprint density at radius 1 is 1.47 bits per heavy atom. The summed E-state index contributed by atoms with van der Waals surface area (Å²) in [4.78, 5) is 18.1. The van der Waals surface area contributed by atoms with Crippen LogP contribution in [0.3, 0.4) is 0 Å². The molecule has 5 nitrogen and oxygen atoms in total. The zero-order chi connectivity index (χ0) is 11.7. The average molecular weight is 231 g/mol. The molecule has 0 aliphatic carbocycles. The lowest BCUT2D eigenvalue weighted by molar-refractivity contribution is -0.117. The first-order chi connectivity index (χ1) is 7.06. The molecule has 0 saturated heterocycles. The second-order valence-electron chi connectivity index (χ2n) is 2.60. The molecular formula is C9H14NO4P. The normalized spacial score (nSPS) is 11.1. The van der Waals surface area contributed by atoms with Gasteiger partial charge in [0.1, 0.15) is 0 Å². The van der Waals surface area contributed by atoms with Crippen molar-refractivity contribution in [1.82, 2.24) is 0 Å². The van der Waals surface area contributed by atoms with Gasteiger partial charge in [-0.25, -0.2) is 0 Å². The minimum atomic E-state index is -2.62. The largest absolute Gasteiger partial charge is 0.369 e. The molecule has 0 radical (unpaired) electrons. The molecule has 0 aromatic heterocycles. The van der Waals surface area contributed by atoms with Gasteiger partial charge < -0.3 is 15.2 Å². The zero-order valence-corrected chi connectivity index (χ0v) is 9.34. The van der Waals surface area contributed by atoms with Crippen LogP contribution in [0.5, 0.6) is 0 Å². The first-order valence-corrected chi connectivity index (χ1v) is 5.41. The van der Waals surface area contributed by atoms with Crippen LogP contribution in [0.15, 0.2) is 30.3 Å². The van der Waals surface area contributed by atoms with E-state index in [-0.39, 0.29) is 5.91 Å². The monoisotopic (exact) mass is 231 g/mol. The molecule has 1 unspecified atom stereocenters. The van der Waals surface area contributed by atoms with Gasteiger partial charge in [-0.15, -0.1) is 0 Å². The third kappa shape index (κ3) is 9.15. The first kappa shape index (κ1) is 13.8. The fourth-order valence-corrected chi connectivity index (χ4v) is 0.797.